The molecule has 84 valence electrons. The van der Waals surface area contributed by atoms with Crippen LogP contribution in [0.15, 0.2) is 17.1 Å². The Morgan fingerprint density at radius 3 is 3.00 bits per heavy atom. The average Bonchev–Trinajstić information content (AvgIpc) is 2.22. The third kappa shape index (κ3) is 4.37. The minimum absolute atomic E-state index is 0.0928. The second kappa shape index (κ2) is 6.19. The predicted molar refractivity (Wildman–Crippen MR) is 66.4 cm³/mol. The number of hydrogen-bond donors (Lipinski definition) is 1. The van der Waals surface area contributed by atoms with Crippen LogP contribution in [0, 0.1) is 18.8 Å². The molecular formula is C12H13NO2S. The smallest absolute Gasteiger partial charge is 0.263 e. The Balaban J connectivity index is 2.59. The number of nitrogens with one attached hydrogen (secondary N) is 1. The van der Waals surface area contributed by atoms with Crippen molar-refractivity contribution in [2.24, 2.45) is 0 Å². The molecule has 0 spiro atoms. The number of H-pyrrole nitrogens is 1. The van der Waals surface area contributed by atoms with E-state index in [1.807, 2.05) is 6.92 Å². The lowest BCUT2D eigenvalue weighted by atomic mass is 10.2. The first kappa shape index (κ1) is 12.6. The molecule has 16 heavy (non-hydrogen) atoms. The number of pyridine rings is 1. The summed E-state index contributed by atoms with van der Waals surface area (Å²) in [5.41, 5.74) is 1.28. The molecule has 0 aliphatic rings. The van der Waals surface area contributed by atoms with Crippen LogP contribution in [0.2, 0.25) is 0 Å². The van der Waals surface area contributed by atoms with E-state index in [4.69, 9.17) is 0 Å². The largest absolute Gasteiger partial charge is 0.328 e. The summed E-state index contributed by atoms with van der Waals surface area (Å²) in [5, 5.41) is 0.0928. The Kier molecular flexibility index (Phi) is 4.87. The minimum atomic E-state index is -0.169. The van der Waals surface area contributed by atoms with Crippen molar-refractivity contribution in [3.05, 3.63) is 33.7 Å². The van der Waals surface area contributed by atoms with E-state index in [0.29, 0.717) is 17.7 Å². The fraction of sp³-hybridized carbons (Fsp3) is 0.333. The van der Waals surface area contributed by atoms with Gasteiger partial charge in [-0.25, -0.2) is 0 Å². The molecule has 1 aromatic heterocycles. The molecule has 0 saturated carbocycles. The number of carbonyl (C=O) groups excluding carboxylic acids is 1. The normalized spacial score (nSPS) is 9.38. The molecular weight excluding hydrogens is 222 g/mol. The van der Waals surface area contributed by atoms with E-state index in [1.165, 1.54) is 18.7 Å². The number of thioether (sulfide) groups is 1. The van der Waals surface area contributed by atoms with Gasteiger partial charge >= 0.3 is 0 Å². The molecule has 0 unspecified atom stereocenters. The van der Waals surface area contributed by atoms with Gasteiger partial charge in [0.15, 0.2) is 5.12 Å². The monoisotopic (exact) mass is 235 g/mol. The van der Waals surface area contributed by atoms with Crippen LogP contribution in [0.25, 0.3) is 0 Å². The highest BCUT2D eigenvalue weighted by atomic mass is 32.2. The minimum Gasteiger partial charge on any atom is -0.328 e. The van der Waals surface area contributed by atoms with Crippen molar-refractivity contribution in [2.75, 3.05) is 5.75 Å². The van der Waals surface area contributed by atoms with Gasteiger partial charge in [0.2, 0.25) is 0 Å². The Morgan fingerprint density at radius 2 is 2.31 bits per heavy atom. The lowest BCUT2D eigenvalue weighted by Gasteiger charge is -1.92. The molecule has 0 aliphatic carbocycles. The zero-order valence-electron chi connectivity index (χ0n) is 9.29. The highest BCUT2D eigenvalue weighted by molar-refractivity contribution is 8.13. The fourth-order valence-electron chi connectivity index (χ4n) is 1.09. The van der Waals surface area contributed by atoms with E-state index in [1.54, 1.807) is 12.3 Å². The second-order valence-electron chi connectivity index (χ2n) is 3.31. The summed E-state index contributed by atoms with van der Waals surface area (Å²) in [4.78, 5) is 24.6. The van der Waals surface area contributed by atoms with Crippen LogP contribution in [0.3, 0.4) is 0 Å². The van der Waals surface area contributed by atoms with Crippen molar-refractivity contribution < 1.29 is 4.79 Å². The number of hydrogen-bond acceptors (Lipinski definition) is 3. The van der Waals surface area contributed by atoms with Crippen LogP contribution in [0.5, 0.6) is 0 Å². The Hall–Kier alpha value is -1.47. The van der Waals surface area contributed by atoms with Gasteiger partial charge < -0.3 is 4.98 Å². The van der Waals surface area contributed by atoms with E-state index in [-0.39, 0.29) is 10.7 Å². The predicted octanol–water partition coefficient (Wildman–Crippen LogP) is 1.70. The number of aromatic amines is 1. The van der Waals surface area contributed by atoms with Gasteiger partial charge in [0.1, 0.15) is 0 Å². The van der Waals surface area contributed by atoms with E-state index < -0.39 is 0 Å². The zero-order valence-corrected chi connectivity index (χ0v) is 10.1. The van der Waals surface area contributed by atoms with Crippen LogP contribution in [0.1, 0.15) is 24.5 Å². The van der Waals surface area contributed by atoms with Gasteiger partial charge in [-0.1, -0.05) is 23.6 Å². The maximum atomic E-state index is 11.3. The van der Waals surface area contributed by atoms with Crippen molar-refractivity contribution >= 4 is 16.9 Å². The van der Waals surface area contributed by atoms with E-state index >= 15 is 0 Å². The van der Waals surface area contributed by atoms with Crippen molar-refractivity contribution in [3.8, 4) is 11.8 Å². The summed E-state index contributed by atoms with van der Waals surface area (Å²) in [5.74, 6) is 6.36. The quantitative estimate of drug-likeness (QED) is 0.627. The highest BCUT2D eigenvalue weighted by Crippen LogP contribution is 2.02. The number of rotatable bonds is 2. The summed E-state index contributed by atoms with van der Waals surface area (Å²) < 4.78 is 0. The first-order valence-electron chi connectivity index (χ1n) is 4.91. The summed E-state index contributed by atoms with van der Waals surface area (Å²) >= 11 is 1.25. The van der Waals surface area contributed by atoms with Crippen LogP contribution in [-0.2, 0) is 4.79 Å². The lowest BCUT2D eigenvalue weighted by Crippen LogP contribution is -2.09. The molecule has 0 amide bonds. The third-order valence-corrected chi connectivity index (χ3v) is 2.62. The molecule has 3 nitrogen and oxygen atoms in total. The molecule has 0 atom stereocenters. The average molecular weight is 235 g/mol. The molecule has 0 bridgehead atoms. The van der Waals surface area contributed by atoms with Gasteiger partial charge in [0.25, 0.3) is 5.56 Å². The van der Waals surface area contributed by atoms with Gasteiger partial charge in [-0.05, 0) is 18.6 Å². The summed E-state index contributed by atoms with van der Waals surface area (Å²) in [6.45, 7) is 3.43. The highest BCUT2D eigenvalue weighted by Gasteiger charge is 1.95. The van der Waals surface area contributed by atoms with Gasteiger partial charge in [-0.3, -0.25) is 9.59 Å². The fourth-order valence-corrected chi connectivity index (χ4v) is 1.58. The van der Waals surface area contributed by atoms with E-state index in [9.17, 15) is 9.59 Å². The van der Waals surface area contributed by atoms with Crippen LogP contribution in [0.4, 0.5) is 0 Å². The van der Waals surface area contributed by atoms with Crippen LogP contribution < -0.4 is 5.56 Å². The molecule has 4 heteroatoms. The standard InChI is InChI=1S/C12H13NO2S/c1-9-7-11(12(15)13-8-9)5-3-4-6-16-10(2)14/h7-8H,4,6H2,1-2H3,(H,13,15). The number of aromatic nitrogens is 1. The maximum Gasteiger partial charge on any atom is 0.263 e. The molecule has 0 radical (unpaired) electrons. The Bertz CT molecular complexity index is 494. The molecule has 0 saturated heterocycles. The summed E-state index contributed by atoms with van der Waals surface area (Å²) in [6, 6.07) is 1.75. The number of aryl methyl sites for hydroxylation is 1. The van der Waals surface area contributed by atoms with Crippen molar-refractivity contribution in [3.63, 3.8) is 0 Å². The van der Waals surface area contributed by atoms with Crippen molar-refractivity contribution in [1.82, 2.24) is 4.98 Å². The zero-order chi connectivity index (χ0) is 12.0. The van der Waals surface area contributed by atoms with Crippen LogP contribution in [-0.4, -0.2) is 15.9 Å². The summed E-state index contributed by atoms with van der Waals surface area (Å²) in [6.07, 6.45) is 2.26. The molecule has 1 aromatic rings. The Labute approximate surface area is 98.7 Å². The van der Waals surface area contributed by atoms with Crippen LogP contribution >= 0.6 is 11.8 Å². The molecule has 0 fully saturated rings. The third-order valence-electron chi connectivity index (χ3n) is 1.80. The SMILES string of the molecule is CC(=O)SCCC#Cc1cc(C)c[nH]c1=O. The second-order valence-corrected chi connectivity index (χ2v) is 4.58. The maximum absolute atomic E-state index is 11.3. The first-order valence-corrected chi connectivity index (χ1v) is 5.89. The molecule has 1 N–H and O–H groups in total. The van der Waals surface area contributed by atoms with Gasteiger partial charge in [-0.15, -0.1) is 0 Å². The van der Waals surface area contributed by atoms with Crippen molar-refractivity contribution in [2.45, 2.75) is 20.3 Å². The molecule has 0 aromatic carbocycles. The van der Waals surface area contributed by atoms with Crippen molar-refractivity contribution in [1.29, 1.82) is 0 Å². The lowest BCUT2D eigenvalue weighted by molar-refractivity contribution is -0.109. The van der Waals surface area contributed by atoms with Gasteiger partial charge in [0.05, 0.1) is 5.56 Å². The van der Waals surface area contributed by atoms with E-state index in [0.717, 1.165) is 5.56 Å². The van der Waals surface area contributed by atoms with Gasteiger partial charge in [0, 0.05) is 25.3 Å². The Morgan fingerprint density at radius 1 is 1.56 bits per heavy atom. The summed E-state index contributed by atoms with van der Waals surface area (Å²) in [7, 11) is 0. The first-order chi connectivity index (χ1) is 7.59. The molecule has 1 heterocycles. The molecule has 1 rings (SSSR count). The molecule has 0 aliphatic heterocycles. The number of carbonyl (C=O) groups is 1. The van der Waals surface area contributed by atoms with Gasteiger partial charge in [-0.2, -0.15) is 0 Å². The van der Waals surface area contributed by atoms with E-state index in [2.05, 4.69) is 16.8 Å². The topological polar surface area (TPSA) is 49.9 Å².